The lowest BCUT2D eigenvalue weighted by Crippen LogP contribution is -2.55. The number of aliphatic hydroxyl groups is 2. The highest BCUT2D eigenvalue weighted by atomic mass is 16.6. The SMILES string of the molecule is CC[C@@H](C)C(=O)[C@H](C)[C@@H](O)[C@](C)(O)[C@@H](CC)OC(=O)[C@H](C)C(=O)[C@H](C)C[C@H](C)OC. The predicted octanol–water partition coefficient (Wildman–Crippen LogP) is 2.94. The van der Waals surface area contributed by atoms with Gasteiger partial charge in [-0.25, -0.2) is 0 Å². The molecule has 8 atom stereocenters. The van der Waals surface area contributed by atoms with Gasteiger partial charge in [-0.05, 0) is 40.0 Å². The zero-order valence-electron chi connectivity index (χ0n) is 20.1. The van der Waals surface area contributed by atoms with Gasteiger partial charge in [-0.3, -0.25) is 14.4 Å². The number of rotatable bonds is 14. The van der Waals surface area contributed by atoms with Gasteiger partial charge in [0.15, 0.2) is 0 Å². The molecule has 0 heterocycles. The van der Waals surface area contributed by atoms with Crippen molar-refractivity contribution in [2.45, 2.75) is 98.6 Å². The van der Waals surface area contributed by atoms with Gasteiger partial charge in [0, 0.05) is 24.9 Å². The van der Waals surface area contributed by atoms with Crippen LogP contribution in [0, 0.1) is 23.7 Å². The average molecular weight is 431 g/mol. The molecule has 0 spiro atoms. The molecule has 0 saturated carbocycles. The summed E-state index contributed by atoms with van der Waals surface area (Å²) in [7, 11) is 1.56. The van der Waals surface area contributed by atoms with E-state index in [1.807, 2.05) is 13.8 Å². The number of hydrogen-bond acceptors (Lipinski definition) is 7. The molecule has 0 bridgehead atoms. The van der Waals surface area contributed by atoms with Crippen LogP contribution in [0.5, 0.6) is 0 Å². The van der Waals surface area contributed by atoms with E-state index in [0.717, 1.165) is 0 Å². The third-order valence-corrected chi connectivity index (χ3v) is 6.25. The Labute approximate surface area is 181 Å². The zero-order chi connectivity index (χ0) is 23.8. The third-order valence-electron chi connectivity index (χ3n) is 6.25. The summed E-state index contributed by atoms with van der Waals surface area (Å²) in [5.74, 6) is -3.64. The molecule has 0 aromatic carbocycles. The number of carbonyl (C=O) groups is 3. The number of hydrogen-bond donors (Lipinski definition) is 2. The second-order valence-corrected chi connectivity index (χ2v) is 8.81. The lowest BCUT2D eigenvalue weighted by molar-refractivity contribution is -0.189. The van der Waals surface area contributed by atoms with Crippen molar-refractivity contribution in [3.8, 4) is 0 Å². The van der Waals surface area contributed by atoms with Crippen LogP contribution in [0.3, 0.4) is 0 Å². The number of ether oxygens (including phenoxy) is 2. The zero-order valence-corrected chi connectivity index (χ0v) is 20.1. The molecular weight excluding hydrogens is 388 g/mol. The first-order valence-electron chi connectivity index (χ1n) is 11.0. The van der Waals surface area contributed by atoms with Crippen molar-refractivity contribution in [1.82, 2.24) is 0 Å². The molecule has 0 unspecified atom stereocenters. The van der Waals surface area contributed by atoms with E-state index >= 15 is 0 Å². The largest absolute Gasteiger partial charge is 0.459 e. The maximum atomic E-state index is 12.6. The lowest BCUT2D eigenvalue weighted by Gasteiger charge is -2.38. The minimum absolute atomic E-state index is 0.115. The normalized spacial score (nSPS) is 20.8. The number of ketones is 2. The van der Waals surface area contributed by atoms with Crippen LogP contribution in [0.4, 0.5) is 0 Å². The fourth-order valence-electron chi connectivity index (χ4n) is 3.61. The number of esters is 1. The van der Waals surface area contributed by atoms with Gasteiger partial charge in [0.2, 0.25) is 0 Å². The summed E-state index contributed by atoms with van der Waals surface area (Å²) in [6.07, 6.45) is -1.26. The molecular formula is C23H42O7. The fourth-order valence-corrected chi connectivity index (χ4v) is 3.61. The maximum absolute atomic E-state index is 12.6. The molecule has 30 heavy (non-hydrogen) atoms. The van der Waals surface area contributed by atoms with Crippen molar-refractivity contribution in [2.24, 2.45) is 23.7 Å². The molecule has 0 amide bonds. The average Bonchev–Trinajstić information content (AvgIpc) is 2.73. The molecule has 0 aliphatic carbocycles. The van der Waals surface area contributed by atoms with Crippen molar-refractivity contribution >= 4 is 17.5 Å². The second kappa shape index (κ2) is 12.5. The van der Waals surface area contributed by atoms with E-state index < -0.39 is 35.6 Å². The van der Waals surface area contributed by atoms with Crippen LogP contribution in [0.25, 0.3) is 0 Å². The first-order chi connectivity index (χ1) is 13.8. The summed E-state index contributed by atoms with van der Waals surface area (Å²) in [5, 5.41) is 21.7. The standard InChI is InChI=1S/C23H42O7/c1-10-13(3)19(24)16(6)21(26)23(8,28)18(11-2)30-22(27)17(7)20(25)14(4)12-15(5)29-9/h13-18,21,26,28H,10-12H2,1-9H3/t13-,14-,15+,16+,17-,18-,21-,23-/m1/s1. The fraction of sp³-hybridized carbons (Fsp3) is 0.870. The highest BCUT2D eigenvalue weighted by Crippen LogP contribution is 2.29. The van der Waals surface area contributed by atoms with Gasteiger partial charge in [-0.2, -0.15) is 0 Å². The molecule has 7 heteroatoms. The summed E-state index contributed by atoms with van der Waals surface area (Å²) in [4.78, 5) is 37.6. The topological polar surface area (TPSA) is 110 Å². The summed E-state index contributed by atoms with van der Waals surface area (Å²) in [5.41, 5.74) is -1.84. The molecule has 0 aromatic heterocycles. The summed E-state index contributed by atoms with van der Waals surface area (Å²) < 4.78 is 10.6. The molecule has 0 radical (unpaired) electrons. The quantitative estimate of drug-likeness (QED) is 0.322. The molecule has 0 rings (SSSR count). The molecule has 0 aliphatic rings. The summed E-state index contributed by atoms with van der Waals surface area (Å²) >= 11 is 0. The highest BCUT2D eigenvalue weighted by molar-refractivity contribution is 5.99. The first-order valence-corrected chi connectivity index (χ1v) is 11.0. The van der Waals surface area contributed by atoms with E-state index in [1.165, 1.54) is 13.8 Å². The Balaban J connectivity index is 5.28. The van der Waals surface area contributed by atoms with Crippen LogP contribution in [0.15, 0.2) is 0 Å². The smallest absolute Gasteiger partial charge is 0.316 e. The highest BCUT2D eigenvalue weighted by Gasteiger charge is 2.46. The van der Waals surface area contributed by atoms with Crippen molar-refractivity contribution in [3.63, 3.8) is 0 Å². The van der Waals surface area contributed by atoms with Crippen LogP contribution in [0.1, 0.15) is 74.7 Å². The Morgan fingerprint density at radius 3 is 1.90 bits per heavy atom. The van der Waals surface area contributed by atoms with Gasteiger partial charge in [0.1, 0.15) is 29.2 Å². The van der Waals surface area contributed by atoms with E-state index in [0.29, 0.717) is 12.8 Å². The monoisotopic (exact) mass is 430 g/mol. The van der Waals surface area contributed by atoms with Crippen LogP contribution in [-0.4, -0.2) is 58.8 Å². The number of Topliss-reactive ketones (excluding diaryl/α,β-unsaturated/α-hetero) is 2. The van der Waals surface area contributed by atoms with Crippen LogP contribution in [-0.2, 0) is 23.9 Å². The van der Waals surface area contributed by atoms with Crippen molar-refractivity contribution < 1.29 is 34.1 Å². The van der Waals surface area contributed by atoms with Gasteiger partial charge in [-0.15, -0.1) is 0 Å². The van der Waals surface area contributed by atoms with Crippen molar-refractivity contribution in [1.29, 1.82) is 0 Å². The predicted molar refractivity (Wildman–Crippen MR) is 115 cm³/mol. The number of aliphatic hydroxyl groups excluding tert-OH is 1. The molecule has 0 aliphatic heterocycles. The molecule has 7 nitrogen and oxygen atoms in total. The molecule has 0 fully saturated rings. The first kappa shape index (κ1) is 28.7. The number of carbonyl (C=O) groups excluding carboxylic acids is 3. The summed E-state index contributed by atoms with van der Waals surface area (Å²) in [6, 6.07) is 0. The van der Waals surface area contributed by atoms with Crippen molar-refractivity contribution in [3.05, 3.63) is 0 Å². The second-order valence-electron chi connectivity index (χ2n) is 8.81. The van der Waals surface area contributed by atoms with E-state index in [4.69, 9.17) is 9.47 Å². The number of methoxy groups -OCH3 is 1. The van der Waals surface area contributed by atoms with E-state index in [1.54, 1.807) is 34.8 Å². The molecule has 0 saturated heterocycles. The molecule has 0 aromatic rings. The Kier molecular flexibility index (Phi) is 12.0. The van der Waals surface area contributed by atoms with Gasteiger partial charge >= 0.3 is 5.97 Å². The van der Waals surface area contributed by atoms with Gasteiger partial charge in [0.05, 0.1) is 12.2 Å². The molecule has 176 valence electrons. The third kappa shape index (κ3) is 7.43. The van der Waals surface area contributed by atoms with E-state index in [2.05, 4.69) is 0 Å². The minimum atomic E-state index is -1.84. The summed E-state index contributed by atoms with van der Waals surface area (Å²) in [6.45, 7) is 13.3. The van der Waals surface area contributed by atoms with E-state index in [9.17, 15) is 24.6 Å². The van der Waals surface area contributed by atoms with Crippen LogP contribution < -0.4 is 0 Å². The molecule has 2 N–H and O–H groups in total. The Morgan fingerprint density at radius 1 is 0.933 bits per heavy atom. The van der Waals surface area contributed by atoms with Crippen LogP contribution in [0.2, 0.25) is 0 Å². The van der Waals surface area contributed by atoms with Crippen molar-refractivity contribution in [2.75, 3.05) is 7.11 Å². The lowest BCUT2D eigenvalue weighted by atomic mass is 9.79. The van der Waals surface area contributed by atoms with Gasteiger partial charge in [-0.1, -0.05) is 34.6 Å². The Bertz CT molecular complexity index is 572. The van der Waals surface area contributed by atoms with Gasteiger partial charge in [0.25, 0.3) is 0 Å². The van der Waals surface area contributed by atoms with Crippen LogP contribution >= 0.6 is 0 Å². The van der Waals surface area contributed by atoms with E-state index in [-0.39, 0.29) is 35.9 Å². The Hall–Kier alpha value is -1.31. The maximum Gasteiger partial charge on any atom is 0.316 e. The minimum Gasteiger partial charge on any atom is -0.459 e. The van der Waals surface area contributed by atoms with Gasteiger partial charge < -0.3 is 19.7 Å². The Morgan fingerprint density at radius 2 is 1.47 bits per heavy atom.